The maximum atomic E-state index is 12.2. The van der Waals surface area contributed by atoms with Crippen LogP contribution < -0.4 is 10.6 Å². The van der Waals surface area contributed by atoms with Crippen LogP contribution in [0.3, 0.4) is 0 Å². The third kappa shape index (κ3) is 2.51. The van der Waals surface area contributed by atoms with E-state index in [1.54, 1.807) is 24.3 Å². The van der Waals surface area contributed by atoms with E-state index in [1.165, 1.54) is 11.1 Å². The number of aromatic hydroxyl groups is 1. The summed E-state index contributed by atoms with van der Waals surface area (Å²) in [6.45, 7) is 1.78. The highest BCUT2D eigenvalue weighted by atomic mass is 16.3. The molecule has 1 amide bonds. The lowest BCUT2D eigenvalue weighted by Crippen LogP contribution is -2.24. The number of amides is 1. The van der Waals surface area contributed by atoms with E-state index in [-0.39, 0.29) is 11.7 Å². The molecule has 4 nitrogen and oxygen atoms in total. The highest BCUT2D eigenvalue weighted by molar-refractivity contribution is 6.05. The van der Waals surface area contributed by atoms with E-state index in [4.69, 9.17) is 0 Å². The fraction of sp³-hybridized carbons (Fsp3) is 0.188. The summed E-state index contributed by atoms with van der Waals surface area (Å²) in [5.41, 5.74) is 3.49. The molecule has 0 aliphatic carbocycles. The summed E-state index contributed by atoms with van der Waals surface area (Å²) in [7, 11) is 0. The Morgan fingerprint density at radius 3 is 2.85 bits per heavy atom. The lowest BCUT2D eigenvalue weighted by Gasteiger charge is -2.17. The third-order valence-corrected chi connectivity index (χ3v) is 3.51. The third-order valence-electron chi connectivity index (χ3n) is 3.51. The normalized spacial score (nSPS) is 13.6. The Balaban J connectivity index is 1.82. The van der Waals surface area contributed by atoms with Crippen LogP contribution in [0.4, 0.5) is 5.69 Å². The summed E-state index contributed by atoms with van der Waals surface area (Å²) in [5.74, 6) is -0.139. The van der Waals surface area contributed by atoms with Crippen molar-refractivity contribution in [1.82, 2.24) is 5.32 Å². The van der Waals surface area contributed by atoms with Crippen molar-refractivity contribution >= 4 is 11.6 Å². The van der Waals surface area contributed by atoms with Crippen molar-refractivity contribution < 1.29 is 9.90 Å². The standard InChI is InChI=1S/C16H16N2O2/c19-15-4-2-1-3-14(15)18-16(20)12-6-5-11-7-8-17-10-13(11)9-12/h1-6,9,17,19H,7-8,10H2,(H,18,20). The van der Waals surface area contributed by atoms with Gasteiger partial charge in [0.15, 0.2) is 0 Å². The van der Waals surface area contributed by atoms with Crippen LogP contribution in [-0.2, 0) is 13.0 Å². The zero-order valence-electron chi connectivity index (χ0n) is 11.0. The summed E-state index contributed by atoms with van der Waals surface area (Å²) in [5, 5.41) is 15.7. The molecule has 1 heterocycles. The van der Waals surface area contributed by atoms with Crippen LogP contribution in [0, 0.1) is 0 Å². The number of benzene rings is 2. The van der Waals surface area contributed by atoms with Gasteiger partial charge in [0.05, 0.1) is 5.69 Å². The summed E-state index contributed by atoms with van der Waals surface area (Å²) >= 11 is 0. The molecule has 0 unspecified atom stereocenters. The van der Waals surface area contributed by atoms with Gasteiger partial charge in [-0.25, -0.2) is 0 Å². The summed E-state index contributed by atoms with van der Waals surface area (Å²) in [4.78, 5) is 12.2. The SMILES string of the molecule is O=C(Nc1ccccc1O)c1ccc2c(c1)CNCC2. The maximum absolute atomic E-state index is 12.2. The first-order valence-electron chi connectivity index (χ1n) is 6.66. The van der Waals surface area contributed by atoms with Gasteiger partial charge >= 0.3 is 0 Å². The largest absolute Gasteiger partial charge is 0.506 e. The van der Waals surface area contributed by atoms with Gasteiger partial charge in [-0.2, -0.15) is 0 Å². The molecular formula is C16H16N2O2. The van der Waals surface area contributed by atoms with E-state index in [1.807, 2.05) is 18.2 Å². The van der Waals surface area contributed by atoms with Gasteiger partial charge in [-0.05, 0) is 48.4 Å². The molecule has 0 radical (unpaired) electrons. The first kappa shape index (κ1) is 12.7. The van der Waals surface area contributed by atoms with Crippen LogP contribution in [0.2, 0.25) is 0 Å². The van der Waals surface area contributed by atoms with Crippen LogP contribution in [0.25, 0.3) is 0 Å². The number of hydrogen-bond acceptors (Lipinski definition) is 3. The molecule has 0 saturated carbocycles. The van der Waals surface area contributed by atoms with Crippen molar-refractivity contribution in [3.05, 3.63) is 59.2 Å². The molecular weight excluding hydrogens is 252 g/mol. The Kier molecular flexibility index (Phi) is 3.39. The molecule has 0 aromatic heterocycles. The van der Waals surface area contributed by atoms with Gasteiger partial charge in [0, 0.05) is 12.1 Å². The average molecular weight is 268 g/mol. The maximum Gasteiger partial charge on any atom is 0.255 e. The number of nitrogens with one attached hydrogen (secondary N) is 2. The molecule has 2 aromatic rings. The Bertz CT molecular complexity index is 653. The molecule has 4 heteroatoms. The van der Waals surface area contributed by atoms with Gasteiger partial charge in [-0.15, -0.1) is 0 Å². The Morgan fingerprint density at radius 1 is 1.15 bits per heavy atom. The van der Waals surface area contributed by atoms with Crippen molar-refractivity contribution in [1.29, 1.82) is 0 Å². The van der Waals surface area contributed by atoms with Crippen molar-refractivity contribution in [2.45, 2.75) is 13.0 Å². The second-order valence-corrected chi connectivity index (χ2v) is 4.88. The molecule has 20 heavy (non-hydrogen) atoms. The van der Waals surface area contributed by atoms with Gasteiger partial charge in [-0.3, -0.25) is 4.79 Å². The van der Waals surface area contributed by atoms with Crippen molar-refractivity contribution in [2.24, 2.45) is 0 Å². The number of anilines is 1. The Labute approximate surface area is 117 Å². The number of fused-ring (bicyclic) bond motifs is 1. The van der Waals surface area contributed by atoms with Crippen LogP contribution in [0.1, 0.15) is 21.5 Å². The highest BCUT2D eigenvalue weighted by Gasteiger charge is 2.13. The second kappa shape index (κ2) is 5.35. The Morgan fingerprint density at radius 2 is 2.00 bits per heavy atom. The molecule has 1 aliphatic heterocycles. The summed E-state index contributed by atoms with van der Waals surface area (Å²) < 4.78 is 0. The second-order valence-electron chi connectivity index (χ2n) is 4.88. The van der Waals surface area contributed by atoms with E-state index in [0.717, 1.165) is 19.5 Å². The molecule has 3 N–H and O–H groups in total. The van der Waals surface area contributed by atoms with E-state index in [0.29, 0.717) is 11.3 Å². The molecule has 0 atom stereocenters. The number of carbonyl (C=O) groups is 1. The smallest absolute Gasteiger partial charge is 0.255 e. The van der Waals surface area contributed by atoms with E-state index in [9.17, 15) is 9.90 Å². The van der Waals surface area contributed by atoms with E-state index in [2.05, 4.69) is 10.6 Å². The van der Waals surface area contributed by atoms with Crippen LogP contribution in [-0.4, -0.2) is 17.6 Å². The molecule has 102 valence electrons. The van der Waals surface area contributed by atoms with Gasteiger partial charge in [0.1, 0.15) is 5.75 Å². The average Bonchev–Trinajstić information content (AvgIpc) is 2.49. The summed E-state index contributed by atoms with van der Waals surface area (Å²) in [6.07, 6.45) is 0.997. The Hall–Kier alpha value is -2.33. The van der Waals surface area contributed by atoms with Gasteiger partial charge in [0.2, 0.25) is 0 Å². The molecule has 3 rings (SSSR count). The minimum absolute atomic E-state index is 0.0699. The number of hydrogen-bond donors (Lipinski definition) is 3. The highest BCUT2D eigenvalue weighted by Crippen LogP contribution is 2.23. The van der Waals surface area contributed by atoms with Gasteiger partial charge in [-0.1, -0.05) is 18.2 Å². The molecule has 1 aliphatic rings. The zero-order valence-corrected chi connectivity index (χ0v) is 11.0. The minimum Gasteiger partial charge on any atom is -0.506 e. The zero-order chi connectivity index (χ0) is 13.9. The molecule has 0 bridgehead atoms. The molecule has 2 aromatic carbocycles. The first-order chi connectivity index (χ1) is 9.74. The van der Waals surface area contributed by atoms with Crippen molar-refractivity contribution in [3.8, 4) is 5.75 Å². The van der Waals surface area contributed by atoms with Crippen molar-refractivity contribution in [2.75, 3.05) is 11.9 Å². The topological polar surface area (TPSA) is 61.4 Å². The molecule has 0 saturated heterocycles. The van der Waals surface area contributed by atoms with E-state index >= 15 is 0 Å². The fourth-order valence-electron chi connectivity index (χ4n) is 2.40. The lowest BCUT2D eigenvalue weighted by atomic mass is 9.98. The quantitative estimate of drug-likeness (QED) is 0.732. The number of rotatable bonds is 2. The first-order valence-corrected chi connectivity index (χ1v) is 6.66. The molecule has 0 spiro atoms. The van der Waals surface area contributed by atoms with Gasteiger partial charge in [0.25, 0.3) is 5.91 Å². The van der Waals surface area contributed by atoms with Crippen LogP contribution in [0.15, 0.2) is 42.5 Å². The lowest BCUT2D eigenvalue weighted by molar-refractivity contribution is 0.102. The van der Waals surface area contributed by atoms with E-state index < -0.39 is 0 Å². The fourth-order valence-corrected chi connectivity index (χ4v) is 2.40. The monoisotopic (exact) mass is 268 g/mol. The number of phenolic OH excluding ortho intramolecular Hbond substituents is 1. The molecule has 0 fully saturated rings. The number of phenols is 1. The van der Waals surface area contributed by atoms with Crippen molar-refractivity contribution in [3.63, 3.8) is 0 Å². The minimum atomic E-state index is -0.208. The predicted molar refractivity (Wildman–Crippen MR) is 77.9 cm³/mol. The summed E-state index contributed by atoms with van der Waals surface area (Å²) in [6, 6.07) is 12.5. The van der Waals surface area contributed by atoms with Gasteiger partial charge < -0.3 is 15.7 Å². The number of carbonyl (C=O) groups excluding carboxylic acids is 1. The predicted octanol–water partition coefficient (Wildman–Crippen LogP) is 2.29. The number of para-hydroxylation sites is 2. The van der Waals surface area contributed by atoms with Crippen LogP contribution >= 0.6 is 0 Å². The van der Waals surface area contributed by atoms with Crippen LogP contribution in [0.5, 0.6) is 5.75 Å².